The number of aryl methyl sites for hydroxylation is 2. The Morgan fingerprint density at radius 1 is 0.800 bits per heavy atom. The zero-order valence-electron chi connectivity index (χ0n) is 12.0. The van der Waals surface area contributed by atoms with E-state index in [1.54, 1.807) is 0 Å². The van der Waals surface area contributed by atoms with Crippen LogP contribution in [0.2, 0.25) is 0 Å². The molecule has 2 aromatic rings. The van der Waals surface area contributed by atoms with Crippen LogP contribution in [0.4, 0.5) is 0 Å². The summed E-state index contributed by atoms with van der Waals surface area (Å²) in [6, 6.07) is 8.64. The lowest BCUT2D eigenvalue weighted by molar-refractivity contribution is 0.412. The van der Waals surface area contributed by atoms with Crippen molar-refractivity contribution in [2.24, 2.45) is 0 Å². The SMILES string of the molecule is Cc1cc(Br)c2c(c1)C(C)(C)c1cc(C)cc(Br)c1O2. The molecule has 0 radical (unpaired) electrons. The van der Waals surface area contributed by atoms with Gasteiger partial charge in [-0.1, -0.05) is 26.0 Å². The Labute approximate surface area is 136 Å². The number of halogens is 2. The summed E-state index contributed by atoms with van der Waals surface area (Å²) in [7, 11) is 0. The molecule has 104 valence electrons. The monoisotopic (exact) mass is 394 g/mol. The molecule has 0 saturated heterocycles. The van der Waals surface area contributed by atoms with Gasteiger partial charge >= 0.3 is 0 Å². The Bertz CT molecular complexity index is 658. The lowest BCUT2D eigenvalue weighted by atomic mass is 9.75. The quantitative estimate of drug-likeness (QED) is 0.511. The maximum atomic E-state index is 6.19. The van der Waals surface area contributed by atoms with Crippen LogP contribution in [0.3, 0.4) is 0 Å². The van der Waals surface area contributed by atoms with Gasteiger partial charge in [0.05, 0.1) is 8.95 Å². The number of hydrogen-bond acceptors (Lipinski definition) is 1. The number of benzene rings is 2. The maximum Gasteiger partial charge on any atom is 0.145 e. The maximum absolute atomic E-state index is 6.19. The van der Waals surface area contributed by atoms with Crippen LogP contribution in [0.15, 0.2) is 33.2 Å². The lowest BCUT2D eigenvalue weighted by Crippen LogP contribution is -2.25. The molecule has 0 amide bonds. The van der Waals surface area contributed by atoms with Crippen molar-refractivity contribution in [1.29, 1.82) is 0 Å². The largest absolute Gasteiger partial charge is 0.454 e. The highest BCUT2D eigenvalue weighted by atomic mass is 79.9. The fourth-order valence-electron chi connectivity index (χ4n) is 2.84. The van der Waals surface area contributed by atoms with E-state index in [1.807, 2.05) is 0 Å². The molecular weight excluding hydrogens is 380 g/mol. The molecule has 0 unspecified atom stereocenters. The van der Waals surface area contributed by atoms with E-state index in [0.717, 1.165) is 20.4 Å². The fraction of sp³-hybridized carbons (Fsp3) is 0.294. The van der Waals surface area contributed by atoms with Gasteiger partial charge in [0.2, 0.25) is 0 Å². The van der Waals surface area contributed by atoms with Crippen molar-refractivity contribution < 1.29 is 4.74 Å². The first-order valence-electron chi connectivity index (χ1n) is 6.60. The minimum Gasteiger partial charge on any atom is -0.454 e. The van der Waals surface area contributed by atoms with E-state index >= 15 is 0 Å². The predicted octanol–water partition coefficient (Wildman–Crippen LogP) is 6.26. The van der Waals surface area contributed by atoms with Crippen LogP contribution in [0.1, 0.15) is 36.1 Å². The first-order valence-corrected chi connectivity index (χ1v) is 8.18. The van der Waals surface area contributed by atoms with Crippen molar-refractivity contribution in [3.8, 4) is 11.5 Å². The van der Waals surface area contributed by atoms with Crippen molar-refractivity contribution in [2.75, 3.05) is 0 Å². The zero-order chi connectivity index (χ0) is 14.7. The van der Waals surface area contributed by atoms with E-state index in [1.165, 1.54) is 22.3 Å². The summed E-state index contributed by atoms with van der Waals surface area (Å²) in [6.07, 6.45) is 0. The van der Waals surface area contributed by atoms with Crippen LogP contribution in [-0.2, 0) is 5.41 Å². The highest BCUT2D eigenvalue weighted by molar-refractivity contribution is 9.11. The summed E-state index contributed by atoms with van der Waals surface area (Å²) >= 11 is 7.27. The van der Waals surface area contributed by atoms with Gasteiger partial charge in [-0.05, 0) is 69.0 Å². The van der Waals surface area contributed by atoms with Gasteiger partial charge in [0.1, 0.15) is 11.5 Å². The predicted molar refractivity (Wildman–Crippen MR) is 90.0 cm³/mol. The molecule has 2 aromatic carbocycles. The molecule has 0 aliphatic carbocycles. The first-order chi connectivity index (χ1) is 9.30. The molecule has 0 saturated carbocycles. The van der Waals surface area contributed by atoms with E-state index in [-0.39, 0.29) is 5.41 Å². The normalized spacial score (nSPS) is 15.3. The third-order valence-corrected chi connectivity index (χ3v) is 5.10. The van der Waals surface area contributed by atoms with Crippen LogP contribution in [0.5, 0.6) is 11.5 Å². The molecule has 1 nitrogen and oxygen atoms in total. The molecule has 0 fully saturated rings. The Morgan fingerprint density at radius 3 is 1.60 bits per heavy atom. The van der Waals surface area contributed by atoms with Gasteiger partial charge < -0.3 is 4.74 Å². The Kier molecular flexibility index (Phi) is 3.26. The van der Waals surface area contributed by atoms with Gasteiger partial charge in [-0.15, -0.1) is 0 Å². The second kappa shape index (κ2) is 4.60. The smallest absolute Gasteiger partial charge is 0.145 e. The van der Waals surface area contributed by atoms with Crippen molar-refractivity contribution in [2.45, 2.75) is 33.1 Å². The molecule has 1 aliphatic rings. The van der Waals surface area contributed by atoms with Crippen molar-refractivity contribution >= 4 is 31.9 Å². The fourth-order valence-corrected chi connectivity index (χ4v) is 4.15. The third kappa shape index (κ3) is 2.03. The van der Waals surface area contributed by atoms with Crippen molar-refractivity contribution in [1.82, 2.24) is 0 Å². The van der Waals surface area contributed by atoms with E-state index in [9.17, 15) is 0 Å². The topological polar surface area (TPSA) is 9.23 Å². The van der Waals surface area contributed by atoms with E-state index in [4.69, 9.17) is 4.74 Å². The Morgan fingerprint density at radius 2 is 1.20 bits per heavy atom. The van der Waals surface area contributed by atoms with Crippen molar-refractivity contribution in [3.05, 3.63) is 55.5 Å². The van der Waals surface area contributed by atoms with Crippen molar-refractivity contribution in [3.63, 3.8) is 0 Å². The summed E-state index contributed by atoms with van der Waals surface area (Å²) in [4.78, 5) is 0. The molecule has 0 atom stereocenters. The van der Waals surface area contributed by atoms with Gasteiger partial charge in [-0.25, -0.2) is 0 Å². The average Bonchev–Trinajstić information content (AvgIpc) is 2.32. The van der Waals surface area contributed by atoms with Gasteiger partial charge in [0.25, 0.3) is 0 Å². The second-order valence-corrected chi connectivity index (χ2v) is 7.68. The Balaban J connectivity index is 2.34. The third-order valence-electron chi connectivity index (χ3n) is 3.93. The minimum atomic E-state index is -0.0774. The van der Waals surface area contributed by atoms with Crippen LogP contribution >= 0.6 is 31.9 Å². The van der Waals surface area contributed by atoms with Crippen LogP contribution in [0, 0.1) is 13.8 Å². The van der Waals surface area contributed by atoms with Crippen LogP contribution < -0.4 is 4.74 Å². The summed E-state index contributed by atoms with van der Waals surface area (Å²) < 4.78 is 8.22. The summed E-state index contributed by atoms with van der Waals surface area (Å²) in [6.45, 7) is 8.74. The summed E-state index contributed by atoms with van der Waals surface area (Å²) in [5, 5.41) is 0. The number of hydrogen-bond donors (Lipinski definition) is 0. The number of ether oxygens (including phenoxy) is 1. The second-order valence-electron chi connectivity index (χ2n) is 5.97. The van der Waals surface area contributed by atoms with Gasteiger partial charge in [-0.3, -0.25) is 0 Å². The van der Waals surface area contributed by atoms with E-state index in [0.29, 0.717) is 0 Å². The van der Waals surface area contributed by atoms with E-state index < -0.39 is 0 Å². The molecule has 1 heterocycles. The first kappa shape index (κ1) is 14.2. The molecule has 20 heavy (non-hydrogen) atoms. The standard InChI is InChI=1S/C17H16Br2O/c1-9-5-11-15(13(18)7-9)20-16-12(17(11,3)4)6-10(2)8-14(16)19/h5-8H,1-4H3. The number of rotatable bonds is 0. The molecule has 3 heteroatoms. The average molecular weight is 396 g/mol. The lowest BCUT2D eigenvalue weighted by Gasteiger charge is -2.36. The Hall–Kier alpha value is -0.800. The summed E-state index contributed by atoms with van der Waals surface area (Å²) in [5.74, 6) is 1.86. The number of fused-ring (bicyclic) bond motifs is 2. The highest BCUT2D eigenvalue weighted by Crippen LogP contribution is 2.53. The van der Waals surface area contributed by atoms with Crippen LogP contribution in [0.25, 0.3) is 0 Å². The molecule has 0 spiro atoms. The molecule has 0 bridgehead atoms. The molecule has 0 N–H and O–H groups in total. The van der Waals surface area contributed by atoms with Gasteiger partial charge in [0, 0.05) is 16.5 Å². The zero-order valence-corrected chi connectivity index (χ0v) is 15.1. The van der Waals surface area contributed by atoms with Gasteiger partial charge in [0.15, 0.2) is 0 Å². The highest BCUT2D eigenvalue weighted by Gasteiger charge is 2.36. The molecule has 0 aromatic heterocycles. The van der Waals surface area contributed by atoms with E-state index in [2.05, 4.69) is 83.8 Å². The molecule has 3 rings (SSSR count). The van der Waals surface area contributed by atoms with Crippen LogP contribution in [-0.4, -0.2) is 0 Å². The summed E-state index contributed by atoms with van der Waals surface area (Å²) in [5.41, 5.74) is 4.86. The van der Waals surface area contributed by atoms with Gasteiger partial charge in [-0.2, -0.15) is 0 Å². The molecular formula is C17H16Br2O. The minimum absolute atomic E-state index is 0.0774. The molecule has 1 aliphatic heterocycles.